The van der Waals surface area contributed by atoms with Crippen molar-refractivity contribution in [3.63, 3.8) is 0 Å². The molecule has 1 aliphatic heterocycles. The minimum absolute atomic E-state index is 0.101. The molecule has 0 aliphatic carbocycles. The highest BCUT2D eigenvalue weighted by Crippen LogP contribution is 2.18. The number of amides is 1. The van der Waals surface area contributed by atoms with Crippen LogP contribution in [-0.2, 0) is 23.6 Å². The zero-order valence-electron chi connectivity index (χ0n) is 14.6. The number of aromatic nitrogens is 4. The molecule has 9 nitrogen and oxygen atoms in total. The van der Waals surface area contributed by atoms with E-state index in [4.69, 9.17) is 0 Å². The molecule has 0 radical (unpaired) electrons. The normalized spacial score (nSPS) is 16.4. The molecule has 0 saturated carbocycles. The maximum absolute atomic E-state index is 12.7. The van der Waals surface area contributed by atoms with Crippen LogP contribution in [0.25, 0.3) is 0 Å². The molecule has 0 spiro atoms. The van der Waals surface area contributed by atoms with Crippen molar-refractivity contribution < 1.29 is 13.2 Å². The second-order valence-corrected chi connectivity index (χ2v) is 7.94. The van der Waals surface area contributed by atoms with Crippen LogP contribution >= 0.6 is 0 Å². The average molecular weight is 366 g/mol. The standard InChI is InChI=1S/C15H22N6O3S/c1-4-21-12(2)14(10-17-21)15(22)19-5-7-20(8-6-19)25(23,24)13-9-16-18(3)11-13/h9-11H,4-8H2,1-3H3. The molecule has 2 aromatic rings. The highest BCUT2D eigenvalue weighted by molar-refractivity contribution is 7.89. The Kier molecular flexibility index (Phi) is 4.65. The van der Waals surface area contributed by atoms with E-state index in [9.17, 15) is 13.2 Å². The topological polar surface area (TPSA) is 93.3 Å². The summed E-state index contributed by atoms with van der Waals surface area (Å²) < 4.78 is 29.8. The van der Waals surface area contributed by atoms with Gasteiger partial charge in [0.05, 0.1) is 18.0 Å². The van der Waals surface area contributed by atoms with Crippen LogP contribution in [0.1, 0.15) is 23.0 Å². The highest BCUT2D eigenvalue weighted by atomic mass is 32.2. The van der Waals surface area contributed by atoms with Crippen molar-refractivity contribution in [2.45, 2.75) is 25.3 Å². The van der Waals surface area contributed by atoms with Crippen LogP contribution in [0.2, 0.25) is 0 Å². The van der Waals surface area contributed by atoms with Gasteiger partial charge in [0.25, 0.3) is 5.91 Å². The van der Waals surface area contributed by atoms with Crippen LogP contribution in [0.3, 0.4) is 0 Å². The number of carbonyl (C=O) groups is 1. The van der Waals surface area contributed by atoms with E-state index >= 15 is 0 Å². The summed E-state index contributed by atoms with van der Waals surface area (Å²) >= 11 is 0. The lowest BCUT2D eigenvalue weighted by atomic mass is 10.2. The molecule has 0 bridgehead atoms. The molecule has 0 atom stereocenters. The molecule has 25 heavy (non-hydrogen) atoms. The highest BCUT2D eigenvalue weighted by Gasteiger charge is 2.32. The summed E-state index contributed by atoms with van der Waals surface area (Å²) in [5.74, 6) is -0.101. The zero-order valence-corrected chi connectivity index (χ0v) is 15.4. The van der Waals surface area contributed by atoms with E-state index in [1.54, 1.807) is 22.8 Å². The molecule has 2 aromatic heterocycles. The van der Waals surface area contributed by atoms with E-state index in [1.165, 1.54) is 21.4 Å². The summed E-state index contributed by atoms with van der Waals surface area (Å²) in [5.41, 5.74) is 1.41. The van der Waals surface area contributed by atoms with Crippen molar-refractivity contribution in [1.29, 1.82) is 0 Å². The van der Waals surface area contributed by atoms with Gasteiger partial charge in [-0.25, -0.2) is 8.42 Å². The van der Waals surface area contributed by atoms with Crippen molar-refractivity contribution in [1.82, 2.24) is 28.8 Å². The third-order valence-electron chi connectivity index (χ3n) is 4.48. The number of aryl methyl sites for hydroxylation is 2. The molecule has 1 aliphatic rings. The first-order valence-corrected chi connectivity index (χ1v) is 9.59. The Labute approximate surface area is 146 Å². The third-order valence-corrected chi connectivity index (χ3v) is 6.33. The molecule has 3 rings (SSSR count). The predicted molar refractivity (Wildman–Crippen MR) is 90.5 cm³/mol. The van der Waals surface area contributed by atoms with E-state index < -0.39 is 10.0 Å². The molecule has 1 amide bonds. The first-order valence-electron chi connectivity index (χ1n) is 8.15. The summed E-state index contributed by atoms with van der Waals surface area (Å²) in [6, 6.07) is 0. The van der Waals surface area contributed by atoms with Gasteiger partial charge in [0.15, 0.2) is 0 Å². The fourth-order valence-corrected chi connectivity index (χ4v) is 4.37. The van der Waals surface area contributed by atoms with Gasteiger partial charge >= 0.3 is 0 Å². The number of nitrogens with zero attached hydrogens (tertiary/aromatic N) is 6. The van der Waals surface area contributed by atoms with Gasteiger partial charge in [-0.1, -0.05) is 0 Å². The number of sulfonamides is 1. The van der Waals surface area contributed by atoms with Gasteiger partial charge in [0.1, 0.15) is 4.90 Å². The van der Waals surface area contributed by atoms with Crippen molar-refractivity contribution in [2.24, 2.45) is 7.05 Å². The summed E-state index contributed by atoms with van der Waals surface area (Å²) in [6.07, 6.45) is 4.41. The minimum atomic E-state index is -3.57. The Morgan fingerprint density at radius 1 is 1.16 bits per heavy atom. The summed E-state index contributed by atoms with van der Waals surface area (Å²) in [4.78, 5) is 14.5. The lowest BCUT2D eigenvalue weighted by Crippen LogP contribution is -2.50. The van der Waals surface area contributed by atoms with Crippen LogP contribution in [-0.4, -0.2) is 69.3 Å². The molecule has 1 saturated heterocycles. The zero-order chi connectivity index (χ0) is 18.2. The number of carbonyl (C=O) groups excluding carboxylic acids is 1. The molecular formula is C15H22N6O3S. The Balaban J connectivity index is 1.69. The monoisotopic (exact) mass is 366 g/mol. The number of piperazine rings is 1. The Morgan fingerprint density at radius 3 is 2.36 bits per heavy atom. The molecule has 0 unspecified atom stereocenters. The fourth-order valence-electron chi connectivity index (χ4n) is 2.96. The number of rotatable bonds is 4. The Hall–Kier alpha value is -2.20. The largest absolute Gasteiger partial charge is 0.336 e. The Morgan fingerprint density at radius 2 is 1.84 bits per heavy atom. The molecule has 0 N–H and O–H groups in total. The van der Waals surface area contributed by atoms with Gasteiger partial charge in [-0.3, -0.25) is 14.2 Å². The molecular weight excluding hydrogens is 344 g/mol. The quantitative estimate of drug-likeness (QED) is 0.765. The van der Waals surface area contributed by atoms with Crippen LogP contribution in [0, 0.1) is 6.92 Å². The van der Waals surface area contributed by atoms with Gasteiger partial charge in [-0.15, -0.1) is 0 Å². The van der Waals surface area contributed by atoms with E-state index in [0.29, 0.717) is 25.2 Å². The van der Waals surface area contributed by atoms with Gasteiger partial charge in [0, 0.05) is 51.7 Å². The molecule has 10 heteroatoms. The van der Waals surface area contributed by atoms with Gasteiger partial charge in [-0.2, -0.15) is 14.5 Å². The van der Waals surface area contributed by atoms with Gasteiger partial charge in [0.2, 0.25) is 10.0 Å². The van der Waals surface area contributed by atoms with Crippen LogP contribution in [0.4, 0.5) is 0 Å². The van der Waals surface area contributed by atoms with Gasteiger partial charge < -0.3 is 4.90 Å². The van der Waals surface area contributed by atoms with Crippen molar-refractivity contribution in [2.75, 3.05) is 26.2 Å². The van der Waals surface area contributed by atoms with Gasteiger partial charge in [-0.05, 0) is 13.8 Å². The number of hydrogen-bond donors (Lipinski definition) is 0. The summed E-state index contributed by atoms with van der Waals surface area (Å²) in [5, 5.41) is 8.12. The van der Waals surface area contributed by atoms with Crippen molar-refractivity contribution >= 4 is 15.9 Å². The molecule has 136 valence electrons. The van der Waals surface area contributed by atoms with Crippen molar-refractivity contribution in [3.8, 4) is 0 Å². The third kappa shape index (κ3) is 3.19. The van der Waals surface area contributed by atoms with E-state index in [-0.39, 0.29) is 23.9 Å². The maximum atomic E-state index is 12.7. The fraction of sp³-hybridized carbons (Fsp3) is 0.533. The van der Waals surface area contributed by atoms with Crippen LogP contribution in [0.15, 0.2) is 23.5 Å². The minimum Gasteiger partial charge on any atom is -0.336 e. The molecule has 1 fully saturated rings. The molecule has 3 heterocycles. The lowest BCUT2D eigenvalue weighted by Gasteiger charge is -2.33. The summed E-state index contributed by atoms with van der Waals surface area (Å²) in [7, 11) is -1.89. The average Bonchev–Trinajstić information content (AvgIpc) is 3.20. The van der Waals surface area contributed by atoms with Crippen LogP contribution in [0.5, 0.6) is 0 Å². The second-order valence-electron chi connectivity index (χ2n) is 6.01. The van der Waals surface area contributed by atoms with Crippen molar-refractivity contribution in [3.05, 3.63) is 29.8 Å². The van der Waals surface area contributed by atoms with Crippen LogP contribution < -0.4 is 0 Å². The number of hydrogen-bond acceptors (Lipinski definition) is 5. The maximum Gasteiger partial charge on any atom is 0.257 e. The predicted octanol–water partition coefficient (Wildman–Crippen LogP) is 0.0916. The first-order chi connectivity index (χ1) is 11.8. The molecule has 0 aromatic carbocycles. The van der Waals surface area contributed by atoms with E-state index in [2.05, 4.69) is 10.2 Å². The van der Waals surface area contributed by atoms with E-state index in [0.717, 1.165) is 5.69 Å². The van der Waals surface area contributed by atoms with E-state index in [1.807, 2.05) is 13.8 Å². The second kappa shape index (κ2) is 6.60. The summed E-state index contributed by atoms with van der Waals surface area (Å²) in [6.45, 7) is 5.79. The SMILES string of the molecule is CCn1ncc(C(=O)N2CCN(S(=O)(=O)c3cnn(C)c3)CC2)c1C. The lowest BCUT2D eigenvalue weighted by molar-refractivity contribution is 0.0697. The Bertz CT molecular complexity index is 877. The first kappa shape index (κ1) is 17.6. The smallest absolute Gasteiger partial charge is 0.257 e.